The first-order valence-electron chi connectivity index (χ1n) is 7.81. The van der Waals surface area contributed by atoms with Gasteiger partial charge in [-0.3, -0.25) is 0 Å². The molecule has 1 saturated heterocycles. The highest BCUT2D eigenvalue weighted by molar-refractivity contribution is 7.89. The predicted octanol–water partition coefficient (Wildman–Crippen LogP) is 2.38. The molecule has 0 spiro atoms. The molecule has 2 aliphatic rings. The van der Waals surface area contributed by atoms with Gasteiger partial charge in [-0.1, -0.05) is 31.4 Å². The molecule has 1 heterocycles. The van der Waals surface area contributed by atoms with Gasteiger partial charge in [-0.25, -0.2) is 8.42 Å². The molecule has 1 aliphatic carbocycles. The Kier molecular flexibility index (Phi) is 4.33. The molecule has 0 amide bonds. The van der Waals surface area contributed by atoms with Crippen LogP contribution in [0.15, 0.2) is 29.2 Å². The van der Waals surface area contributed by atoms with E-state index in [9.17, 15) is 8.42 Å². The van der Waals surface area contributed by atoms with Gasteiger partial charge in [-0.2, -0.15) is 4.31 Å². The molecule has 1 N–H and O–H groups in total. The largest absolute Gasteiger partial charge is 0.392 e. The number of nitrogens with zero attached hydrogens (tertiary/aromatic N) is 1. The zero-order valence-electron chi connectivity index (χ0n) is 12.2. The minimum Gasteiger partial charge on any atom is -0.392 e. The van der Waals surface area contributed by atoms with Crippen LogP contribution in [0.2, 0.25) is 0 Å². The lowest BCUT2D eigenvalue weighted by Gasteiger charge is -2.40. The molecule has 4 nitrogen and oxygen atoms in total. The second kappa shape index (κ2) is 6.07. The van der Waals surface area contributed by atoms with Gasteiger partial charge >= 0.3 is 0 Å². The number of hydrogen-bond donors (Lipinski definition) is 1. The third kappa shape index (κ3) is 3.00. The first kappa shape index (κ1) is 15.0. The van der Waals surface area contributed by atoms with Crippen LogP contribution in [0, 0.1) is 11.8 Å². The van der Waals surface area contributed by atoms with Crippen molar-refractivity contribution in [1.82, 2.24) is 4.31 Å². The Morgan fingerprint density at radius 1 is 1.05 bits per heavy atom. The number of piperidine rings is 1. The van der Waals surface area contributed by atoms with Gasteiger partial charge in [0, 0.05) is 13.1 Å². The summed E-state index contributed by atoms with van der Waals surface area (Å²) in [7, 11) is -3.39. The Labute approximate surface area is 126 Å². The summed E-state index contributed by atoms with van der Waals surface area (Å²) in [6.07, 6.45) is 5.97. The highest BCUT2D eigenvalue weighted by Crippen LogP contribution is 2.37. The smallest absolute Gasteiger partial charge is 0.243 e. The summed E-state index contributed by atoms with van der Waals surface area (Å²) >= 11 is 0. The first-order chi connectivity index (χ1) is 10.1. The number of fused-ring (bicyclic) bond motifs is 1. The van der Waals surface area contributed by atoms with Crippen molar-refractivity contribution in [3.05, 3.63) is 29.8 Å². The summed E-state index contributed by atoms with van der Waals surface area (Å²) in [5.41, 5.74) is 0.736. The van der Waals surface area contributed by atoms with Gasteiger partial charge in [-0.05, 0) is 42.4 Å². The minimum atomic E-state index is -3.39. The van der Waals surface area contributed by atoms with Crippen LogP contribution < -0.4 is 0 Å². The number of rotatable bonds is 3. The van der Waals surface area contributed by atoms with Crippen LogP contribution in [0.3, 0.4) is 0 Å². The summed E-state index contributed by atoms with van der Waals surface area (Å²) in [6, 6.07) is 6.57. The van der Waals surface area contributed by atoms with Crippen LogP contribution in [0.1, 0.15) is 37.7 Å². The molecule has 5 heteroatoms. The lowest BCUT2D eigenvalue weighted by Crippen LogP contribution is -2.44. The molecule has 1 aromatic rings. The van der Waals surface area contributed by atoms with E-state index in [-0.39, 0.29) is 6.61 Å². The van der Waals surface area contributed by atoms with Crippen LogP contribution in [0.4, 0.5) is 0 Å². The molecule has 1 saturated carbocycles. The Morgan fingerprint density at radius 3 is 2.38 bits per heavy atom. The molecular formula is C16H23NO3S. The van der Waals surface area contributed by atoms with Gasteiger partial charge < -0.3 is 5.11 Å². The Hall–Kier alpha value is -0.910. The molecular weight excluding hydrogens is 286 g/mol. The SMILES string of the molecule is O=S(=O)(c1ccc(CO)cc1)N1CCC2CCCCC2C1. The van der Waals surface area contributed by atoms with Crippen molar-refractivity contribution in [3.63, 3.8) is 0 Å². The van der Waals surface area contributed by atoms with Gasteiger partial charge in [0.2, 0.25) is 10.0 Å². The van der Waals surface area contributed by atoms with Crippen molar-refractivity contribution in [1.29, 1.82) is 0 Å². The third-order valence-corrected chi connectivity index (χ3v) is 6.88. The van der Waals surface area contributed by atoms with E-state index < -0.39 is 10.0 Å². The monoisotopic (exact) mass is 309 g/mol. The number of aliphatic hydroxyl groups is 1. The maximum atomic E-state index is 12.7. The van der Waals surface area contributed by atoms with E-state index in [1.807, 2.05) is 0 Å². The molecule has 3 rings (SSSR count). The zero-order chi connectivity index (χ0) is 14.9. The lowest BCUT2D eigenvalue weighted by molar-refractivity contribution is 0.136. The Balaban J connectivity index is 1.78. The quantitative estimate of drug-likeness (QED) is 0.932. The van der Waals surface area contributed by atoms with Crippen molar-refractivity contribution >= 4 is 10.0 Å². The minimum absolute atomic E-state index is 0.0617. The van der Waals surface area contributed by atoms with Crippen LogP contribution in [0.5, 0.6) is 0 Å². The summed E-state index contributed by atoms with van der Waals surface area (Å²) in [4.78, 5) is 0.342. The normalized spacial score (nSPS) is 27.3. The first-order valence-corrected chi connectivity index (χ1v) is 9.25. The van der Waals surface area contributed by atoms with Crippen LogP contribution in [-0.2, 0) is 16.6 Å². The summed E-state index contributed by atoms with van der Waals surface area (Å²) in [5, 5.41) is 9.05. The summed E-state index contributed by atoms with van der Waals surface area (Å²) < 4.78 is 27.1. The van der Waals surface area contributed by atoms with E-state index in [2.05, 4.69) is 0 Å². The Morgan fingerprint density at radius 2 is 1.71 bits per heavy atom. The summed E-state index contributed by atoms with van der Waals surface area (Å²) in [6.45, 7) is 1.26. The van der Waals surface area contributed by atoms with Crippen LogP contribution >= 0.6 is 0 Å². The van der Waals surface area contributed by atoms with Crippen molar-refractivity contribution < 1.29 is 13.5 Å². The van der Waals surface area contributed by atoms with E-state index in [1.54, 1.807) is 28.6 Å². The molecule has 116 valence electrons. The van der Waals surface area contributed by atoms with E-state index in [0.29, 0.717) is 23.9 Å². The fraction of sp³-hybridized carbons (Fsp3) is 0.625. The number of benzene rings is 1. The average Bonchev–Trinajstić information content (AvgIpc) is 2.54. The standard InChI is InChI=1S/C16H23NO3S/c18-12-13-5-7-16(8-6-13)21(19,20)17-10-9-14-3-1-2-4-15(14)11-17/h5-8,14-15,18H,1-4,9-12H2. The Bertz CT molecular complexity index is 582. The highest BCUT2D eigenvalue weighted by Gasteiger charge is 2.36. The third-order valence-electron chi connectivity index (χ3n) is 5.00. The topological polar surface area (TPSA) is 57.6 Å². The van der Waals surface area contributed by atoms with E-state index in [1.165, 1.54) is 25.7 Å². The van der Waals surface area contributed by atoms with Gasteiger partial charge in [-0.15, -0.1) is 0 Å². The molecule has 21 heavy (non-hydrogen) atoms. The summed E-state index contributed by atoms with van der Waals surface area (Å²) in [5.74, 6) is 1.26. The molecule has 0 aromatic heterocycles. The van der Waals surface area contributed by atoms with Gasteiger partial charge in [0.25, 0.3) is 0 Å². The van der Waals surface area contributed by atoms with E-state index >= 15 is 0 Å². The van der Waals surface area contributed by atoms with Gasteiger partial charge in [0.05, 0.1) is 11.5 Å². The van der Waals surface area contributed by atoms with Crippen molar-refractivity contribution in [2.75, 3.05) is 13.1 Å². The number of sulfonamides is 1. The van der Waals surface area contributed by atoms with Crippen LogP contribution in [0.25, 0.3) is 0 Å². The molecule has 1 aromatic carbocycles. The average molecular weight is 309 g/mol. The molecule has 2 fully saturated rings. The van der Waals surface area contributed by atoms with E-state index in [0.717, 1.165) is 17.9 Å². The second-order valence-corrected chi connectivity index (χ2v) is 8.20. The lowest BCUT2D eigenvalue weighted by atomic mass is 9.76. The molecule has 2 unspecified atom stereocenters. The maximum absolute atomic E-state index is 12.7. The second-order valence-electron chi connectivity index (χ2n) is 6.26. The molecule has 2 atom stereocenters. The number of aliphatic hydroxyl groups excluding tert-OH is 1. The fourth-order valence-corrected chi connectivity index (χ4v) is 5.21. The van der Waals surface area contributed by atoms with Gasteiger partial charge in [0.1, 0.15) is 0 Å². The fourth-order valence-electron chi connectivity index (χ4n) is 3.70. The van der Waals surface area contributed by atoms with Crippen molar-refractivity contribution in [2.45, 2.75) is 43.6 Å². The maximum Gasteiger partial charge on any atom is 0.243 e. The van der Waals surface area contributed by atoms with E-state index in [4.69, 9.17) is 5.11 Å². The predicted molar refractivity (Wildman–Crippen MR) is 81.2 cm³/mol. The zero-order valence-corrected chi connectivity index (χ0v) is 13.1. The molecule has 1 aliphatic heterocycles. The molecule has 0 radical (unpaired) electrons. The van der Waals surface area contributed by atoms with Crippen LogP contribution in [-0.4, -0.2) is 30.9 Å². The van der Waals surface area contributed by atoms with Gasteiger partial charge in [0.15, 0.2) is 0 Å². The molecule has 0 bridgehead atoms. The van der Waals surface area contributed by atoms with Crippen molar-refractivity contribution in [3.8, 4) is 0 Å². The van der Waals surface area contributed by atoms with Crippen molar-refractivity contribution in [2.24, 2.45) is 11.8 Å². The highest BCUT2D eigenvalue weighted by atomic mass is 32.2. The number of hydrogen-bond acceptors (Lipinski definition) is 3.